The van der Waals surface area contributed by atoms with Gasteiger partial charge in [0.1, 0.15) is 0 Å². The van der Waals surface area contributed by atoms with Crippen molar-refractivity contribution in [2.24, 2.45) is 5.73 Å². The molecule has 2 rings (SSSR count). The number of halogens is 1. The Bertz CT molecular complexity index is 631. The number of hydrogen-bond acceptors (Lipinski definition) is 3. The van der Waals surface area contributed by atoms with Gasteiger partial charge in [0.05, 0.1) is 0 Å². The van der Waals surface area contributed by atoms with E-state index < -0.39 is 5.91 Å². The monoisotopic (exact) mass is 306 g/mol. The lowest BCUT2D eigenvalue weighted by atomic mass is 10.1. The maximum absolute atomic E-state index is 11.1. The summed E-state index contributed by atoms with van der Waals surface area (Å²) in [5.41, 5.74) is 7.63. The van der Waals surface area contributed by atoms with Gasteiger partial charge in [-0.3, -0.25) is 4.79 Å². The molecule has 0 aliphatic heterocycles. The standard InChI is InChI=1S/C15H15ClN2OS/c1-20-14-5-3-2-4-13(14)18-9-11-7-6-10(15(17)19)8-12(11)16/h2-8,18H,9H2,1H3,(H2,17,19). The highest BCUT2D eigenvalue weighted by Crippen LogP contribution is 2.26. The fourth-order valence-corrected chi connectivity index (χ4v) is 2.65. The number of hydrogen-bond donors (Lipinski definition) is 2. The zero-order valence-corrected chi connectivity index (χ0v) is 12.6. The summed E-state index contributed by atoms with van der Waals surface area (Å²) in [7, 11) is 0. The number of nitrogens with two attached hydrogens (primary N) is 1. The Morgan fingerprint density at radius 1 is 1.30 bits per heavy atom. The number of anilines is 1. The van der Waals surface area contributed by atoms with Crippen molar-refractivity contribution in [3.63, 3.8) is 0 Å². The first-order valence-electron chi connectivity index (χ1n) is 6.07. The molecule has 2 aromatic carbocycles. The smallest absolute Gasteiger partial charge is 0.248 e. The summed E-state index contributed by atoms with van der Waals surface area (Å²) in [4.78, 5) is 12.3. The van der Waals surface area contributed by atoms with E-state index in [9.17, 15) is 4.79 Å². The Kier molecular flexibility index (Phi) is 4.93. The number of thioether (sulfide) groups is 1. The summed E-state index contributed by atoms with van der Waals surface area (Å²) in [5.74, 6) is -0.473. The molecule has 2 aromatic rings. The highest BCUT2D eigenvalue weighted by atomic mass is 35.5. The van der Waals surface area contributed by atoms with Gasteiger partial charge in [0, 0.05) is 27.7 Å². The van der Waals surface area contributed by atoms with Crippen molar-refractivity contribution >= 4 is 35.0 Å². The summed E-state index contributed by atoms with van der Waals surface area (Å²) in [5, 5.41) is 3.89. The molecule has 3 nitrogen and oxygen atoms in total. The van der Waals surface area contributed by atoms with Gasteiger partial charge in [-0.05, 0) is 36.1 Å². The van der Waals surface area contributed by atoms with Crippen LogP contribution in [0.25, 0.3) is 0 Å². The predicted octanol–water partition coefficient (Wildman–Crippen LogP) is 3.77. The number of nitrogens with one attached hydrogen (secondary N) is 1. The van der Waals surface area contributed by atoms with Gasteiger partial charge in [-0.25, -0.2) is 0 Å². The van der Waals surface area contributed by atoms with E-state index in [1.807, 2.05) is 30.5 Å². The van der Waals surface area contributed by atoms with Gasteiger partial charge in [-0.15, -0.1) is 11.8 Å². The molecule has 0 aliphatic rings. The topological polar surface area (TPSA) is 55.1 Å². The molecule has 0 saturated heterocycles. The summed E-state index contributed by atoms with van der Waals surface area (Å²) in [6.07, 6.45) is 2.04. The van der Waals surface area contributed by atoms with Crippen LogP contribution in [0.15, 0.2) is 47.4 Å². The highest BCUT2D eigenvalue weighted by molar-refractivity contribution is 7.98. The predicted molar refractivity (Wildman–Crippen MR) is 85.5 cm³/mol. The van der Waals surface area contributed by atoms with Crippen LogP contribution in [0.5, 0.6) is 0 Å². The highest BCUT2D eigenvalue weighted by Gasteiger charge is 2.06. The van der Waals surface area contributed by atoms with Crippen LogP contribution in [-0.2, 0) is 6.54 Å². The van der Waals surface area contributed by atoms with Crippen LogP contribution in [0.2, 0.25) is 5.02 Å². The van der Waals surface area contributed by atoms with Gasteiger partial charge >= 0.3 is 0 Å². The van der Waals surface area contributed by atoms with E-state index >= 15 is 0 Å². The molecule has 0 radical (unpaired) electrons. The van der Waals surface area contributed by atoms with Crippen molar-refractivity contribution in [1.82, 2.24) is 0 Å². The molecule has 0 aliphatic carbocycles. The minimum Gasteiger partial charge on any atom is -0.380 e. The van der Waals surface area contributed by atoms with Gasteiger partial charge in [0.2, 0.25) is 5.91 Å². The zero-order valence-electron chi connectivity index (χ0n) is 11.0. The van der Waals surface area contributed by atoms with Crippen molar-refractivity contribution in [2.75, 3.05) is 11.6 Å². The first kappa shape index (κ1) is 14.8. The third-order valence-electron chi connectivity index (χ3n) is 2.91. The van der Waals surface area contributed by atoms with Gasteiger partial charge in [-0.2, -0.15) is 0 Å². The molecule has 0 spiro atoms. The van der Waals surface area contributed by atoms with Gasteiger partial charge < -0.3 is 11.1 Å². The lowest BCUT2D eigenvalue weighted by molar-refractivity contribution is 0.100. The molecule has 1 amide bonds. The number of carbonyl (C=O) groups excluding carboxylic acids is 1. The fraction of sp³-hybridized carbons (Fsp3) is 0.133. The molecule has 0 bridgehead atoms. The summed E-state index contributed by atoms with van der Waals surface area (Å²) >= 11 is 7.84. The van der Waals surface area contributed by atoms with Crippen molar-refractivity contribution < 1.29 is 4.79 Å². The third-order valence-corrected chi connectivity index (χ3v) is 4.06. The fourth-order valence-electron chi connectivity index (χ4n) is 1.83. The Morgan fingerprint density at radius 3 is 2.70 bits per heavy atom. The lowest BCUT2D eigenvalue weighted by Crippen LogP contribution is -2.11. The van der Waals surface area contributed by atoms with E-state index in [0.717, 1.165) is 11.3 Å². The number of primary amides is 1. The van der Waals surface area contributed by atoms with E-state index in [1.54, 1.807) is 23.9 Å². The van der Waals surface area contributed by atoms with Crippen LogP contribution >= 0.6 is 23.4 Å². The van der Waals surface area contributed by atoms with Crippen LogP contribution in [0.4, 0.5) is 5.69 Å². The Balaban J connectivity index is 2.13. The molecule has 0 aromatic heterocycles. The van der Waals surface area contributed by atoms with Crippen molar-refractivity contribution in [1.29, 1.82) is 0 Å². The molecule has 0 heterocycles. The molecule has 0 unspecified atom stereocenters. The number of para-hydroxylation sites is 1. The quantitative estimate of drug-likeness (QED) is 0.827. The van der Waals surface area contributed by atoms with E-state index in [1.165, 1.54) is 4.90 Å². The minimum atomic E-state index is -0.473. The number of rotatable bonds is 5. The maximum atomic E-state index is 11.1. The van der Waals surface area contributed by atoms with Crippen molar-refractivity contribution in [3.8, 4) is 0 Å². The average Bonchev–Trinajstić information content (AvgIpc) is 2.46. The Labute approximate surface area is 127 Å². The normalized spacial score (nSPS) is 10.3. The summed E-state index contributed by atoms with van der Waals surface area (Å²) in [6.45, 7) is 0.593. The van der Waals surface area contributed by atoms with E-state index in [4.69, 9.17) is 17.3 Å². The largest absolute Gasteiger partial charge is 0.380 e. The molecular weight excluding hydrogens is 292 g/mol. The van der Waals surface area contributed by atoms with Gasteiger partial charge in [0.25, 0.3) is 0 Å². The van der Waals surface area contributed by atoms with Gasteiger partial charge in [-0.1, -0.05) is 29.8 Å². The SMILES string of the molecule is CSc1ccccc1NCc1ccc(C(N)=O)cc1Cl. The molecule has 0 atom stereocenters. The second kappa shape index (κ2) is 6.68. The minimum absolute atomic E-state index is 0.420. The van der Waals surface area contributed by atoms with E-state index in [0.29, 0.717) is 17.1 Å². The number of carbonyl (C=O) groups is 1. The molecule has 104 valence electrons. The first-order chi connectivity index (χ1) is 9.61. The van der Waals surface area contributed by atoms with Crippen LogP contribution in [0, 0.1) is 0 Å². The second-order valence-electron chi connectivity index (χ2n) is 4.22. The van der Waals surface area contributed by atoms with Crippen LogP contribution in [-0.4, -0.2) is 12.2 Å². The van der Waals surface area contributed by atoms with Crippen LogP contribution in [0.3, 0.4) is 0 Å². The molecule has 0 fully saturated rings. The Morgan fingerprint density at radius 2 is 2.05 bits per heavy atom. The van der Waals surface area contributed by atoms with Crippen molar-refractivity contribution in [3.05, 3.63) is 58.6 Å². The third kappa shape index (κ3) is 3.46. The number of amides is 1. The second-order valence-corrected chi connectivity index (χ2v) is 5.48. The zero-order chi connectivity index (χ0) is 14.5. The van der Waals surface area contributed by atoms with E-state index in [2.05, 4.69) is 11.4 Å². The lowest BCUT2D eigenvalue weighted by Gasteiger charge is -2.11. The maximum Gasteiger partial charge on any atom is 0.248 e. The summed E-state index contributed by atoms with van der Waals surface area (Å²) in [6, 6.07) is 13.2. The van der Waals surface area contributed by atoms with Crippen LogP contribution in [0.1, 0.15) is 15.9 Å². The van der Waals surface area contributed by atoms with E-state index in [-0.39, 0.29) is 0 Å². The van der Waals surface area contributed by atoms with Crippen molar-refractivity contribution in [2.45, 2.75) is 11.4 Å². The van der Waals surface area contributed by atoms with Gasteiger partial charge in [0.15, 0.2) is 0 Å². The summed E-state index contributed by atoms with van der Waals surface area (Å²) < 4.78 is 0. The van der Waals surface area contributed by atoms with Crippen LogP contribution < -0.4 is 11.1 Å². The molecule has 20 heavy (non-hydrogen) atoms. The average molecular weight is 307 g/mol. The number of benzene rings is 2. The molecular formula is C15H15ClN2OS. The molecule has 0 saturated carbocycles. The molecule has 3 N–H and O–H groups in total. The Hall–Kier alpha value is -1.65. The molecule has 5 heteroatoms. The first-order valence-corrected chi connectivity index (χ1v) is 7.67.